The highest BCUT2D eigenvalue weighted by Crippen LogP contribution is 2.29. The molecule has 0 aliphatic carbocycles. The summed E-state index contributed by atoms with van der Waals surface area (Å²) in [5.74, 6) is -0.147. The number of aromatic nitrogens is 1. The Hall–Kier alpha value is -2.40. The summed E-state index contributed by atoms with van der Waals surface area (Å²) < 4.78 is 0. The lowest BCUT2D eigenvalue weighted by Gasteiger charge is -2.23. The highest BCUT2D eigenvalue weighted by Gasteiger charge is 2.19. The molecule has 0 fully saturated rings. The Balaban J connectivity index is 2.06. The zero-order valence-electron chi connectivity index (χ0n) is 16.5. The van der Waals surface area contributed by atoms with E-state index < -0.39 is 0 Å². The molecule has 0 aliphatic rings. The molecular weight excluding hydrogens is 324 g/mol. The van der Waals surface area contributed by atoms with Gasteiger partial charge in [0.2, 0.25) is 0 Å². The molecule has 0 spiro atoms. The summed E-state index contributed by atoms with van der Waals surface area (Å²) in [6.45, 7) is 8.27. The SMILES string of the molecule is CN(C)CCCNc1cncc(C(=O)Nc2ccccc2C(C)(C)C)c1. The molecule has 2 aromatic rings. The molecule has 5 nitrogen and oxygen atoms in total. The van der Waals surface area contributed by atoms with Crippen LogP contribution in [0, 0.1) is 0 Å². The van der Waals surface area contributed by atoms with Gasteiger partial charge in [0.25, 0.3) is 5.91 Å². The van der Waals surface area contributed by atoms with Crippen molar-refractivity contribution in [1.82, 2.24) is 9.88 Å². The maximum absolute atomic E-state index is 12.7. The largest absolute Gasteiger partial charge is 0.384 e. The van der Waals surface area contributed by atoms with Crippen LogP contribution in [0.25, 0.3) is 0 Å². The van der Waals surface area contributed by atoms with E-state index >= 15 is 0 Å². The molecule has 0 radical (unpaired) electrons. The number of nitrogens with zero attached hydrogens (tertiary/aromatic N) is 2. The molecule has 0 bridgehead atoms. The molecular formula is C21H30N4O. The van der Waals surface area contributed by atoms with Gasteiger partial charge >= 0.3 is 0 Å². The van der Waals surface area contributed by atoms with E-state index in [9.17, 15) is 4.79 Å². The van der Waals surface area contributed by atoms with Crippen LogP contribution in [0.15, 0.2) is 42.7 Å². The number of hydrogen-bond donors (Lipinski definition) is 2. The summed E-state index contributed by atoms with van der Waals surface area (Å²) in [6.07, 6.45) is 4.37. The van der Waals surface area contributed by atoms with Crippen LogP contribution in [0.1, 0.15) is 43.1 Å². The molecule has 2 rings (SSSR count). The van der Waals surface area contributed by atoms with Gasteiger partial charge in [-0.25, -0.2) is 0 Å². The second-order valence-electron chi connectivity index (χ2n) is 7.80. The predicted molar refractivity (Wildman–Crippen MR) is 109 cm³/mol. The molecule has 140 valence electrons. The molecule has 0 aliphatic heterocycles. The van der Waals surface area contributed by atoms with Gasteiger partial charge < -0.3 is 15.5 Å². The van der Waals surface area contributed by atoms with Gasteiger partial charge in [-0.05, 0) is 50.2 Å². The summed E-state index contributed by atoms with van der Waals surface area (Å²) in [5.41, 5.74) is 3.32. The maximum atomic E-state index is 12.7. The number of nitrogens with one attached hydrogen (secondary N) is 2. The number of anilines is 2. The van der Waals surface area contributed by atoms with Gasteiger partial charge in [-0.3, -0.25) is 9.78 Å². The van der Waals surface area contributed by atoms with E-state index in [4.69, 9.17) is 0 Å². The van der Waals surface area contributed by atoms with Crippen LogP contribution in [0.2, 0.25) is 0 Å². The fraction of sp³-hybridized carbons (Fsp3) is 0.429. The van der Waals surface area contributed by atoms with Crippen molar-refractivity contribution in [2.45, 2.75) is 32.6 Å². The number of rotatable bonds is 7. The standard InChI is InChI=1S/C21H30N4O/c1-21(2,3)18-9-6-7-10-19(18)24-20(26)16-13-17(15-22-14-16)23-11-8-12-25(4)5/h6-7,9-10,13-15,23H,8,11-12H2,1-5H3,(H,24,26). The van der Waals surface area contributed by atoms with Crippen molar-refractivity contribution in [2.75, 3.05) is 37.8 Å². The third-order valence-electron chi connectivity index (χ3n) is 4.09. The first kappa shape index (κ1) is 19.9. The summed E-state index contributed by atoms with van der Waals surface area (Å²) in [6, 6.07) is 9.77. The van der Waals surface area contributed by atoms with Crippen LogP contribution in [0.5, 0.6) is 0 Å². The van der Waals surface area contributed by atoms with E-state index in [0.717, 1.165) is 36.4 Å². The highest BCUT2D eigenvalue weighted by atomic mass is 16.1. The molecule has 0 saturated heterocycles. The molecule has 2 N–H and O–H groups in total. The van der Waals surface area contributed by atoms with Gasteiger partial charge in [0.15, 0.2) is 0 Å². The average Bonchev–Trinajstić information content (AvgIpc) is 2.58. The highest BCUT2D eigenvalue weighted by molar-refractivity contribution is 6.05. The first-order valence-electron chi connectivity index (χ1n) is 9.02. The first-order chi connectivity index (χ1) is 12.3. The number of pyridine rings is 1. The van der Waals surface area contributed by atoms with Crippen molar-refractivity contribution >= 4 is 17.3 Å². The third-order valence-corrected chi connectivity index (χ3v) is 4.09. The fourth-order valence-electron chi connectivity index (χ4n) is 2.73. The van der Waals surface area contributed by atoms with Gasteiger partial charge in [-0.1, -0.05) is 39.0 Å². The quantitative estimate of drug-likeness (QED) is 0.738. The Morgan fingerprint density at radius 2 is 1.88 bits per heavy atom. The zero-order valence-corrected chi connectivity index (χ0v) is 16.5. The normalized spacial score (nSPS) is 11.5. The molecule has 0 atom stereocenters. The van der Waals surface area contributed by atoms with Crippen molar-refractivity contribution in [1.29, 1.82) is 0 Å². The van der Waals surface area contributed by atoms with E-state index in [1.165, 1.54) is 0 Å². The molecule has 1 heterocycles. The monoisotopic (exact) mass is 354 g/mol. The number of hydrogen-bond acceptors (Lipinski definition) is 4. The van der Waals surface area contributed by atoms with E-state index in [1.54, 1.807) is 12.4 Å². The van der Waals surface area contributed by atoms with Crippen LogP contribution in [-0.4, -0.2) is 43.0 Å². The van der Waals surface area contributed by atoms with Crippen molar-refractivity contribution in [2.24, 2.45) is 0 Å². The second-order valence-corrected chi connectivity index (χ2v) is 7.80. The minimum absolute atomic E-state index is 0.0437. The van der Waals surface area contributed by atoms with Crippen LogP contribution in [0.3, 0.4) is 0 Å². The Kier molecular flexibility index (Phi) is 6.75. The molecule has 26 heavy (non-hydrogen) atoms. The van der Waals surface area contributed by atoms with Gasteiger partial charge in [0.05, 0.1) is 11.3 Å². The number of amides is 1. The Labute approximate surface area is 156 Å². The summed E-state index contributed by atoms with van der Waals surface area (Å²) >= 11 is 0. The number of benzene rings is 1. The van der Waals surface area contributed by atoms with E-state index in [0.29, 0.717) is 5.56 Å². The van der Waals surface area contributed by atoms with Gasteiger partial charge in [-0.15, -0.1) is 0 Å². The number of carbonyl (C=O) groups is 1. The number of para-hydroxylation sites is 1. The van der Waals surface area contributed by atoms with Gasteiger partial charge in [0.1, 0.15) is 0 Å². The van der Waals surface area contributed by atoms with Crippen molar-refractivity contribution in [3.8, 4) is 0 Å². The average molecular weight is 354 g/mol. The molecule has 1 aromatic heterocycles. The lowest BCUT2D eigenvalue weighted by Crippen LogP contribution is -2.19. The summed E-state index contributed by atoms with van der Waals surface area (Å²) in [7, 11) is 4.11. The third kappa shape index (κ3) is 5.85. The molecule has 1 amide bonds. The van der Waals surface area contributed by atoms with E-state index in [-0.39, 0.29) is 11.3 Å². The summed E-state index contributed by atoms with van der Waals surface area (Å²) in [4.78, 5) is 19.0. The summed E-state index contributed by atoms with van der Waals surface area (Å²) in [5, 5.41) is 6.36. The smallest absolute Gasteiger partial charge is 0.257 e. The van der Waals surface area contributed by atoms with E-state index in [1.807, 2.05) is 24.3 Å². The lowest BCUT2D eigenvalue weighted by molar-refractivity contribution is 0.102. The van der Waals surface area contributed by atoms with Gasteiger partial charge in [0, 0.05) is 24.6 Å². The molecule has 1 aromatic carbocycles. The van der Waals surface area contributed by atoms with Crippen LogP contribution >= 0.6 is 0 Å². The lowest BCUT2D eigenvalue weighted by atomic mass is 9.86. The first-order valence-corrected chi connectivity index (χ1v) is 9.02. The zero-order chi connectivity index (χ0) is 19.2. The topological polar surface area (TPSA) is 57.3 Å². The predicted octanol–water partition coefficient (Wildman–Crippen LogP) is 4.00. The van der Waals surface area contributed by atoms with Crippen molar-refractivity contribution in [3.63, 3.8) is 0 Å². The van der Waals surface area contributed by atoms with Gasteiger partial charge in [-0.2, -0.15) is 0 Å². The Morgan fingerprint density at radius 1 is 1.15 bits per heavy atom. The second kappa shape index (κ2) is 8.81. The van der Waals surface area contributed by atoms with Crippen LogP contribution in [-0.2, 0) is 5.41 Å². The van der Waals surface area contributed by atoms with E-state index in [2.05, 4.69) is 61.5 Å². The minimum atomic E-state index is -0.147. The number of carbonyl (C=O) groups excluding carboxylic acids is 1. The fourth-order valence-corrected chi connectivity index (χ4v) is 2.73. The molecule has 5 heteroatoms. The Bertz CT molecular complexity index is 735. The minimum Gasteiger partial charge on any atom is -0.384 e. The van der Waals surface area contributed by atoms with Crippen molar-refractivity contribution in [3.05, 3.63) is 53.9 Å². The maximum Gasteiger partial charge on any atom is 0.257 e. The molecule has 0 saturated carbocycles. The van der Waals surface area contributed by atoms with Crippen LogP contribution in [0.4, 0.5) is 11.4 Å². The van der Waals surface area contributed by atoms with Crippen LogP contribution < -0.4 is 10.6 Å². The van der Waals surface area contributed by atoms with Crippen molar-refractivity contribution < 1.29 is 4.79 Å². The Morgan fingerprint density at radius 3 is 2.58 bits per heavy atom. The molecule has 0 unspecified atom stereocenters.